The molecule has 3 nitrogen and oxygen atoms in total. The van der Waals surface area contributed by atoms with E-state index in [9.17, 15) is 8.78 Å². The summed E-state index contributed by atoms with van der Waals surface area (Å²) in [4.78, 5) is 0. The van der Waals surface area contributed by atoms with Crippen molar-refractivity contribution in [2.45, 2.75) is 26.1 Å². The molecule has 1 atom stereocenters. The Labute approximate surface area is 105 Å². The maximum absolute atomic E-state index is 12.9. The van der Waals surface area contributed by atoms with E-state index in [-0.39, 0.29) is 11.5 Å². The molecule has 2 rings (SSSR count). The van der Waals surface area contributed by atoms with E-state index in [1.54, 1.807) is 6.07 Å². The van der Waals surface area contributed by atoms with Crippen molar-refractivity contribution < 1.29 is 18.3 Å². The standard InChI is InChI=1S/C13H17F2NO2/c1-3-9(8-16-2)6-10-4-5-11-12(7-10)18-13(14,15)17-11/h4-5,7,9,16H,3,6,8H2,1-2H3. The van der Waals surface area contributed by atoms with E-state index in [2.05, 4.69) is 21.7 Å². The molecule has 0 aromatic heterocycles. The first-order valence-corrected chi connectivity index (χ1v) is 6.07. The number of halogens is 2. The second-order valence-electron chi connectivity index (χ2n) is 4.48. The zero-order chi connectivity index (χ0) is 13.2. The summed E-state index contributed by atoms with van der Waals surface area (Å²) in [6.45, 7) is 3.02. The lowest BCUT2D eigenvalue weighted by atomic mass is 9.96. The smallest absolute Gasteiger partial charge is 0.395 e. The molecular weight excluding hydrogens is 240 g/mol. The second kappa shape index (κ2) is 5.10. The molecule has 0 spiro atoms. The molecule has 0 aliphatic carbocycles. The Kier molecular flexibility index (Phi) is 3.71. The molecule has 1 aromatic carbocycles. The first-order chi connectivity index (χ1) is 8.54. The molecular formula is C13H17F2NO2. The van der Waals surface area contributed by atoms with E-state index < -0.39 is 6.29 Å². The number of fused-ring (bicyclic) bond motifs is 1. The number of ether oxygens (including phenoxy) is 2. The van der Waals surface area contributed by atoms with Gasteiger partial charge in [-0.2, -0.15) is 0 Å². The van der Waals surface area contributed by atoms with Crippen molar-refractivity contribution in [1.82, 2.24) is 5.32 Å². The van der Waals surface area contributed by atoms with Crippen LogP contribution in [0.2, 0.25) is 0 Å². The third kappa shape index (κ3) is 2.90. The van der Waals surface area contributed by atoms with Crippen LogP contribution in [0.15, 0.2) is 18.2 Å². The van der Waals surface area contributed by atoms with E-state index in [1.165, 1.54) is 6.07 Å². The fourth-order valence-corrected chi connectivity index (χ4v) is 2.10. The van der Waals surface area contributed by atoms with Crippen LogP contribution in [0.3, 0.4) is 0 Å². The highest BCUT2D eigenvalue weighted by Gasteiger charge is 2.43. The van der Waals surface area contributed by atoms with Crippen LogP contribution < -0.4 is 14.8 Å². The van der Waals surface area contributed by atoms with Crippen molar-refractivity contribution in [3.05, 3.63) is 23.8 Å². The topological polar surface area (TPSA) is 30.5 Å². The Morgan fingerprint density at radius 2 is 2.00 bits per heavy atom. The van der Waals surface area contributed by atoms with Crippen LogP contribution >= 0.6 is 0 Å². The SMILES string of the molecule is CCC(CNC)Cc1ccc2c(c1)OC(F)(F)O2. The molecule has 0 amide bonds. The highest BCUT2D eigenvalue weighted by atomic mass is 19.3. The third-order valence-electron chi connectivity index (χ3n) is 3.06. The number of rotatable bonds is 5. The van der Waals surface area contributed by atoms with Gasteiger partial charge in [-0.15, -0.1) is 8.78 Å². The average molecular weight is 257 g/mol. The van der Waals surface area contributed by atoms with Gasteiger partial charge in [-0.05, 0) is 43.6 Å². The zero-order valence-electron chi connectivity index (χ0n) is 10.5. The van der Waals surface area contributed by atoms with Crippen LogP contribution in [0, 0.1) is 5.92 Å². The molecule has 0 fully saturated rings. The maximum Gasteiger partial charge on any atom is 0.586 e. The molecule has 0 saturated heterocycles. The second-order valence-corrected chi connectivity index (χ2v) is 4.48. The van der Waals surface area contributed by atoms with Gasteiger partial charge in [-0.3, -0.25) is 0 Å². The molecule has 1 unspecified atom stereocenters. The predicted octanol–water partition coefficient (Wildman–Crippen LogP) is 2.80. The minimum absolute atomic E-state index is 0.102. The van der Waals surface area contributed by atoms with E-state index in [4.69, 9.17) is 0 Å². The van der Waals surface area contributed by atoms with Crippen LogP contribution in [0.5, 0.6) is 11.5 Å². The van der Waals surface area contributed by atoms with E-state index >= 15 is 0 Å². The van der Waals surface area contributed by atoms with Crippen molar-refractivity contribution >= 4 is 0 Å². The van der Waals surface area contributed by atoms with Gasteiger partial charge >= 0.3 is 6.29 Å². The molecule has 1 aromatic rings. The number of hydrogen-bond donors (Lipinski definition) is 1. The fraction of sp³-hybridized carbons (Fsp3) is 0.538. The van der Waals surface area contributed by atoms with Crippen molar-refractivity contribution in [1.29, 1.82) is 0 Å². The first kappa shape index (κ1) is 13.1. The highest BCUT2D eigenvalue weighted by Crippen LogP contribution is 2.41. The van der Waals surface area contributed by atoms with Gasteiger partial charge < -0.3 is 14.8 Å². The molecule has 0 saturated carbocycles. The maximum atomic E-state index is 12.9. The van der Waals surface area contributed by atoms with Crippen molar-refractivity contribution in [3.8, 4) is 11.5 Å². The van der Waals surface area contributed by atoms with Gasteiger partial charge in [-0.25, -0.2) is 0 Å². The third-order valence-corrected chi connectivity index (χ3v) is 3.06. The molecule has 1 N–H and O–H groups in total. The van der Waals surface area contributed by atoms with Gasteiger partial charge in [0.1, 0.15) is 0 Å². The summed E-state index contributed by atoms with van der Waals surface area (Å²) in [6.07, 6.45) is -1.67. The van der Waals surface area contributed by atoms with Gasteiger partial charge in [-0.1, -0.05) is 19.4 Å². The van der Waals surface area contributed by atoms with Crippen molar-refractivity contribution in [2.75, 3.05) is 13.6 Å². The average Bonchev–Trinajstić information content (AvgIpc) is 2.61. The van der Waals surface area contributed by atoms with Gasteiger partial charge in [0.05, 0.1) is 0 Å². The fourth-order valence-electron chi connectivity index (χ4n) is 2.10. The summed E-state index contributed by atoms with van der Waals surface area (Å²) in [5, 5.41) is 3.13. The molecule has 1 aliphatic heterocycles. The van der Waals surface area contributed by atoms with Crippen LogP contribution in [0.4, 0.5) is 8.78 Å². The Morgan fingerprint density at radius 3 is 2.67 bits per heavy atom. The van der Waals surface area contributed by atoms with Crippen LogP contribution in [0.1, 0.15) is 18.9 Å². The van der Waals surface area contributed by atoms with E-state index in [0.717, 1.165) is 24.9 Å². The van der Waals surface area contributed by atoms with Crippen LogP contribution in [0.25, 0.3) is 0 Å². The monoisotopic (exact) mass is 257 g/mol. The Hall–Kier alpha value is -1.36. The van der Waals surface area contributed by atoms with Gasteiger partial charge in [0.15, 0.2) is 11.5 Å². The Morgan fingerprint density at radius 1 is 1.28 bits per heavy atom. The number of benzene rings is 1. The molecule has 0 bridgehead atoms. The minimum atomic E-state index is -3.53. The number of hydrogen-bond acceptors (Lipinski definition) is 3. The van der Waals surface area contributed by atoms with Gasteiger partial charge in [0, 0.05) is 0 Å². The summed E-state index contributed by atoms with van der Waals surface area (Å²) in [6, 6.07) is 4.98. The number of nitrogens with one attached hydrogen (secondary N) is 1. The summed E-state index contributed by atoms with van der Waals surface area (Å²) in [7, 11) is 1.91. The quantitative estimate of drug-likeness (QED) is 0.879. The summed E-state index contributed by atoms with van der Waals surface area (Å²) in [5.74, 6) is 0.707. The molecule has 1 aliphatic rings. The molecule has 1 heterocycles. The van der Waals surface area contributed by atoms with Gasteiger partial charge in [0.25, 0.3) is 0 Å². The summed E-state index contributed by atoms with van der Waals surface area (Å²) < 4.78 is 34.5. The number of alkyl halides is 2. The van der Waals surface area contributed by atoms with E-state index in [1.807, 2.05) is 13.1 Å². The Bertz CT molecular complexity index is 423. The van der Waals surface area contributed by atoms with Gasteiger partial charge in [0.2, 0.25) is 0 Å². The molecule has 100 valence electrons. The minimum Gasteiger partial charge on any atom is -0.395 e. The summed E-state index contributed by atoms with van der Waals surface area (Å²) in [5.41, 5.74) is 0.983. The van der Waals surface area contributed by atoms with Crippen LogP contribution in [-0.2, 0) is 6.42 Å². The largest absolute Gasteiger partial charge is 0.586 e. The van der Waals surface area contributed by atoms with Crippen LogP contribution in [-0.4, -0.2) is 19.9 Å². The van der Waals surface area contributed by atoms with Crippen molar-refractivity contribution in [2.24, 2.45) is 5.92 Å². The highest BCUT2D eigenvalue weighted by molar-refractivity contribution is 5.45. The Balaban J connectivity index is 2.09. The first-order valence-electron chi connectivity index (χ1n) is 6.07. The molecule has 0 radical (unpaired) electrons. The zero-order valence-corrected chi connectivity index (χ0v) is 10.5. The lowest BCUT2D eigenvalue weighted by molar-refractivity contribution is -0.286. The van der Waals surface area contributed by atoms with E-state index in [0.29, 0.717) is 5.92 Å². The van der Waals surface area contributed by atoms with Crippen molar-refractivity contribution in [3.63, 3.8) is 0 Å². The molecule has 5 heteroatoms. The lowest BCUT2D eigenvalue weighted by Crippen LogP contribution is -2.25. The predicted molar refractivity (Wildman–Crippen MR) is 64.1 cm³/mol. The lowest BCUT2D eigenvalue weighted by Gasteiger charge is -2.14. The molecule has 18 heavy (non-hydrogen) atoms. The normalized spacial score (nSPS) is 17.8. The summed E-state index contributed by atoms with van der Waals surface area (Å²) >= 11 is 0.